The van der Waals surface area contributed by atoms with Gasteiger partial charge in [-0.05, 0) is 69.0 Å². The largest absolute Gasteiger partial charge is 0.494 e. The normalized spacial score (nSPS) is 10.9. The third-order valence-corrected chi connectivity index (χ3v) is 5.00. The van der Waals surface area contributed by atoms with Crippen LogP contribution in [0.15, 0.2) is 54.6 Å². The highest BCUT2D eigenvalue weighted by atomic mass is 16.5. The van der Waals surface area contributed by atoms with Gasteiger partial charge in [0.2, 0.25) is 5.91 Å². The van der Waals surface area contributed by atoms with Crippen molar-refractivity contribution in [3.05, 3.63) is 71.6 Å². The predicted molar refractivity (Wildman–Crippen MR) is 122 cm³/mol. The molecule has 2 aromatic carbocycles. The molecular weight excluding hydrogens is 374 g/mol. The fraction of sp³-hybridized carbons (Fsp3) is 0.360. The van der Waals surface area contributed by atoms with Gasteiger partial charge in [-0.25, -0.2) is 4.98 Å². The minimum atomic E-state index is -0.110. The highest BCUT2D eigenvalue weighted by Gasteiger charge is 2.11. The SMILES string of the molecule is C=C(C)C(=O)NCCc1nc2ccccc2n1CCCCOc1cc(C)cc(C)c1. The molecule has 0 radical (unpaired) electrons. The number of nitrogens with zero attached hydrogens (tertiary/aromatic N) is 2. The van der Waals surface area contributed by atoms with E-state index in [2.05, 4.69) is 54.6 Å². The number of hydrogen-bond donors (Lipinski definition) is 1. The summed E-state index contributed by atoms with van der Waals surface area (Å²) in [5.74, 6) is 1.82. The second kappa shape index (κ2) is 10.1. The van der Waals surface area contributed by atoms with Gasteiger partial charge in [0.1, 0.15) is 11.6 Å². The molecule has 0 aliphatic heterocycles. The molecule has 1 aromatic heterocycles. The number of fused-ring (bicyclic) bond motifs is 1. The lowest BCUT2D eigenvalue weighted by Gasteiger charge is -2.11. The lowest BCUT2D eigenvalue weighted by atomic mass is 10.1. The van der Waals surface area contributed by atoms with Gasteiger partial charge in [-0.1, -0.05) is 24.8 Å². The molecule has 1 N–H and O–H groups in total. The van der Waals surface area contributed by atoms with E-state index in [0.29, 0.717) is 25.1 Å². The highest BCUT2D eigenvalue weighted by molar-refractivity contribution is 5.92. The van der Waals surface area contributed by atoms with Crippen molar-refractivity contribution in [1.29, 1.82) is 0 Å². The fourth-order valence-electron chi connectivity index (χ4n) is 3.58. The third-order valence-electron chi connectivity index (χ3n) is 5.00. The van der Waals surface area contributed by atoms with Crippen molar-refractivity contribution in [2.45, 2.75) is 46.6 Å². The Kier molecular flexibility index (Phi) is 7.28. The summed E-state index contributed by atoms with van der Waals surface area (Å²) in [6, 6.07) is 14.5. The summed E-state index contributed by atoms with van der Waals surface area (Å²) < 4.78 is 8.20. The van der Waals surface area contributed by atoms with Gasteiger partial charge < -0.3 is 14.6 Å². The molecule has 0 unspecified atom stereocenters. The maximum absolute atomic E-state index is 11.7. The Labute approximate surface area is 178 Å². The molecule has 3 aromatic rings. The molecule has 0 bridgehead atoms. The topological polar surface area (TPSA) is 56.2 Å². The lowest BCUT2D eigenvalue weighted by molar-refractivity contribution is -0.117. The number of para-hydroxylation sites is 2. The first-order chi connectivity index (χ1) is 14.4. The van der Waals surface area contributed by atoms with Gasteiger partial charge >= 0.3 is 0 Å². The molecule has 0 saturated carbocycles. The first-order valence-electron chi connectivity index (χ1n) is 10.5. The molecule has 5 heteroatoms. The second-order valence-electron chi connectivity index (χ2n) is 7.83. The van der Waals surface area contributed by atoms with Crippen molar-refractivity contribution in [2.75, 3.05) is 13.2 Å². The van der Waals surface area contributed by atoms with Crippen LogP contribution in [0.5, 0.6) is 5.75 Å². The van der Waals surface area contributed by atoms with Crippen LogP contribution in [0.2, 0.25) is 0 Å². The highest BCUT2D eigenvalue weighted by Crippen LogP contribution is 2.19. The van der Waals surface area contributed by atoms with E-state index in [-0.39, 0.29) is 5.91 Å². The van der Waals surface area contributed by atoms with E-state index in [1.807, 2.05) is 18.2 Å². The molecule has 0 atom stereocenters. The molecule has 0 saturated heterocycles. The van der Waals surface area contributed by atoms with Crippen LogP contribution in [0.25, 0.3) is 11.0 Å². The number of aromatic nitrogens is 2. The van der Waals surface area contributed by atoms with Crippen LogP contribution >= 0.6 is 0 Å². The van der Waals surface area contributed by atoms with Crippen LogP contribution < -0.4 is 10.1 Å². The minimum absolute atomic E-state index is 0.110. The maximum atomic E-state index is 11.7. The van der Waals surface area contributed by atoms with Crippen LogP contribution in [0, 0.1) is 13.8 Å². The number of benzene rings is 2. The summed E-state index contributed by atoms with van der Waals surface area (Å²) >= 11 is 0. The zero-order valence-electron chi connectivity index (χ0n) is 18.2. The van der Waals surface area contributed by atoms with Crippen LogP contribution in [-0.2, 0) is 17.8 Å². The lowest BCUT2D eigenvalue weighted by Crippen LogP contribution is -2.26. The molecule has 0 spiro atoms. The Morgan fingerprint density at radius 3 is 2.60 bits per heavy atom. The quantitative estimate of drug-likeness (QED) is 0.391. The van der Waals surface area contributed by atoms with Crippen molar-refractivity contribution in [1.82, 2.24) is 14.9 Å². The van der Waals surface area contributed by atoms with E-state index >= 15 is 0 Å². The van der Waals surface area contributed by atoms with Crippen LogP contribution in [0.4, 0.5) is 0 Å². The number of hydrogen-bond acceptors (Lipinski definition) is 3. The molecule has 1 heterocycles. The molecule has 30 heavy (non-hydrogen) atoms. The van der Waals surface area contributed by atoms with E-state index < -0.39 is 0 Å². The van der Waals surface area contributed by atoms with E-state index in [0.717, 1.165) is 42.0 Å². The van der Waals surface area contributed by atoms with Gasteiger partial charge in [-0.15, -0.1) is 0 Å². The number of nitrogens with one attached hydrogen (secondary N) is 1. The van der Waals surface area contributed by atoms with Crippen molar-refractivity contribution in [2.24, 2.45) is 0 Å². The van der Waals surface area contributed by atoms with Crippen molar-refractivity contribution in [3.63, 3.8) is 0 Å². The van der Waals surface area contributed by atoms with Crippen molar-refractivity contribution in [3.8, 4) is 5.75 Å². The first kappa shape index (κ1) is 21.6. The van der Waals surface area contributed by atoms with E-state index in [4.69, 9.17) is 9.72 Å². The number of carbonyl (C=O) groups is 1. The molecule has 0 aliphatic carbocycles. The fourth-order valence-corrected chi connectivity index (χ4v) is 3.58. The number of imidazole rings is 1. The Morgan fingerprint density at radius 1 is 1.13 bits per heavy atom. The zero-order chi connectivity index (χ0) is 21.5. The molecule has 0 aliphatic rings. The number of unbranched alkanes of at least 4 members (excludes halogenated alkanes) is 1. The van der Waals surface area contributed by atoms with Gasteiger partial charge in [0.25, 0.3) is 0 Å². The predicted octanol–water partition coefficient (Wildman–Crippen LogP) is 4.75. The average molecular weight is 406 g/mol. The van der Waals surface area contributed by atoms with Crippen molar-refractivity contribution >= 4 is 16.9 Å². The Balaban J connectivity index is 1.57. The van der Waals surface area contributed by atoms with E-state index in [9.17, 15) is 4.79 Å². The summed E-state index contributed by atoms with van der Waals surface area (Å²) in [5.41, 5.74) is 5.09. The number of ether oxygens (including phenoxy) is 1. The molecule has 0 fully saturated rings. The second-order valence-corrected chi connectivity index (χ2v) is 7.83. The molecule has 5 nitrogen and oxygen atoms in total. The molecular formula is C25H31N3O2. The summed E-state index contributed by atoms with van der Waals surface area (Å²) in [5, 5.41) is 2.89. The Hall–Kier alpha value is -3.08. The summed E-state index contributed by atoms with van der Waals surface area (Å²) in [7, 11) is 0. The van der Waals surface area contributed by atoms with Crippen LogP contribution in [0.3, 0.4) is 0 Å². The van der Waals surface area contributed by atoms with Gasteiger partial charge in [0.05, 0.1) is 17.6 Å². The smallest absolute Gasteiger partial charge is 0.246 e. The van der Waals surface area contributed by atoms with Gasteiger partial charge in [-0.3, -0.25) is 4.79 Å². The Bertz CT molecular complexity index is 1020. The van der Waals surface area contributed by atoms with E-state index in [1.54, 1.807) is 6.92 Å². The molecule has 3 rings (SSSR count). The average Bonchev–Trinajstić information content (AvgIpc) is 3.04. The van der Waals surface area contributed by atoms with Gasteiger partial charge in [0.15, 0.2) is 0 Å². The zero-order valence-corrected chi connectivity index (χ0v) is 18.2. The van der Waals surface area contributed by atoms with Gasteiger partial charge in [-0.2, -0.15) is 0 Å². The standard InChI is InChI=1S/C25H31N3O2/c1-18(2)25(29)26-12-11-24-27-22-9-5-6-10-23(22)28(24)13-7-8-14-30-21-16-19(3)15-20(4)17-21/h5-6,9-10,15-17H,1,7-8,11-14H2,2-4H3,(H,26,29). The first-order valence-corrected chi connectivity index (χ1v) is 10.5. The summed E-state index contributed by atoms with van der Waals surface area (Å²) in [6.45, 7) is 11.7. The molecule has 1 amide bonds. The molecule has 158 valence electrons. The number of aryl methyl sites for hydroxylation is 3. The third kappa shape index (κ3) is 5.72. The minimum Gasteiger partial charge on any atom is -0.494 e. The number of carbonyl (C=O) groups excluding carboxylic acids is 1. The monoisotopic (exact) mass is 405 g/mol. The Morgan fingerprint density at radius 2 is 1.87 bits per heavy atom. The summed E-state index contributed by atoms with van der Waals surface area (Å²) in [6.07, 6.45) is 2.65. The van der Waals surface area contributed by atoms with Crippen LogP contribution in [0.1, 0.15) is 36.7 Å². The van der Waals surface area contributed by atoms with Crippen molar-refractivity contribution < 1.29 is 9.53 Å². The number of rotatable bonds is 10. The van der Waals surface area contributed by atoms with Gasteiger partial charge in [0, 0.05) is 25.1 Å². The van der Waals surface area contributed by atoms with Crippen LogP contribution in [-0.4, -0.2) is 28.6 Å². The summed E-state index contributed by atoms with van der Waals surface area (Å²) in [4.78, 5) is 16.5. The number of amides is 1. The maximum Gasteiger partial charge on any atom is 0.246 e. The van der Waals surface area contributed by atoms with E-state index in [1.165, 1.54) is 11.1 Å².